The van der Waals surface area contributed by atoms with Gasteiger partial charge in [0.05, 0.1) is 5.92 Å². The minimum Gasteiger partial charge on any atom is -0.460 e. The third kappa shape index (κ3) is 3.74. The molecule has 128 valence electrons. The Morgan fingerprint density at radius 3 is 2.83 bits per heavy atom. The first kappa shape index (κ1) is 17.9. The van der Waals surface area contributed by atoms with Crippen molar-refractivity contribution < 1.29 is 19.4 Å². The molecular weight excluding hydrogens is 292 g/mol. The summed E-state index contributed by atoms with van der Waals surface area (Å²) >= 11 is 0. The molecule has 4 nitrogen and oxygen atoms in total. The van der Waals surface area contributed by atoms with Gasteiger partial charge in [0.15, 0.2) is 5.78 Å². The monoisotopic (exact) mass is 320 g/mol. The lowest BCUT2D eigenvalue weighted by Crippen LogP contribution is -2.49. The molecule has 2 rings (SSSR count). The van der Waals surface area contributed by atoms with Crippen LogP contribution >= 0.6 is 0 Å². The standard InChI is InChI=1S/C19H28O4/c1-12(2)18(22)23-10-14-7-5-6-13(3)15-9-19(4,11-20)16(15)8-17(14)21/h7,12,15-16,20H,3,5-6,8-11H2,1-2,4H3/b14-7-/t15-,16-,19+/m1/s1. The van der Waals surface area contributed by atoms with E-state index in [4.69, 9.17) is 4.74 Å². The Morgan fingerprint density at radius 2 is 2.22 bits per heavy atom. The number of rotatable bonds is 4. The summed E-state index contributed by atoms with van der Waals surface area (Å²) in [6.45, 7) is 9.91. The molecule has 0 bridgehead atoms. The third-order valence-corrected chi connectivity index (χ3v) is 5.41. The van der Waals surface area contributed by atoms with Gasteiger partial charge in [-0.1, -0.05) is 39.0 Å². The molecule has 2 aliphatic carbocycles. The van der Waals surface area contributed by atoms with Gasteiger partial charge in [0, 0.05) is 18.6 Å². The van der Waals surface area contributed by atoms with Crippen LogP contribution < -0.4 is 0 Å². The highest BCUT2D eigenvalue weighted by molar-refractivity contribution is 5.96. The van der Waals surface area contributed by atoms with E-state index in [0.29, 0.717) is 17.9 Å². The summed E-state index contributed by atoms with van der Waals surface area (Å²) in [4.78, 5) is 24.3. The van der Waals surface area contributed by atoms with E-state index in [2.05, 4.69) is 6.58 Å². The summed E-state index contributed by atoms with van der Waals surface area (Å²) in [7, 11) is 0. The number of hydrogen-bond donors (Lipinski definition) is 1. The predicted molar refractivity (Wildman–Crippen MR) is 88.7 cm³/mol. The minimum absolute atomic E-state index is 0.0330. The van der Waals surface area contributed by atoms with E-state index < -0.39 is 0 Å². The van der Waals surface area contributed by atoms with Crippen LogP contribution in [0.1, 0.15) is 46.5 Å². The van der Waals surface area contributed by atoms with Crippen molar-refractivity contribution in [3.8, 4) is 0 Å². The van der Waals surface area contributed by atoms with Crippen LogP contribution in [-0.2, 0) is 14.3 Å². The highest BCUT2D eigenvalue weighted by Gasteiger charge is 2.51. The van der Waals surface area contributed by atoms with E-state index in [9.17, 15) is 14.7 Å². The van der Waals surface area contributed by atoms with Gasteiger partial charge in [-0.2, -0.15) is 0 Å². The molecule has 2 aliphatic rings. The molecule has 23 heavy (non-hydrogen) atoms. The zero-order chi connectivity index (χ0) is 17.2. The normalized spacial score (nSPS) is 33.7. The number of carbonyl (C=O) groups excluding carboxylic acids is 2. The number of aliphatic hydroxyl groups is 1. The Balaban J connectivity index is 2.10. The molecule has 1 fully saturated rings. The molecule has 4 heteroatoms. The van der Waals surface area contributed by atoms with E-state index in [-0.39, 0.29) is 42.2 Å². The van der Waals surface area contributed by atoms with E-state index in [1.165, 1.54) is 5.57 Å². The molecule has 0 saturated heterocycles. The summed E-state index contributed by atoms with van der Waals surface area (Å²) in [6.07, 6.45) is 4.78. The Kier molecular flexibility index (Phi) is 5.45. The Labute approximate surface area is 138 Å². The lowest BCUT2D eigenvalue weighted by Gasteiger charge is -2.53. The quantitative estimate of drug-likeness (QED) is 0.639. The van der Waals surface area contributed by atoms with Crippen LogP contribution in [-0.4, -0.2) is 30.1 Å². The largest absolute Gasteiger partial charge is 0.460 e. The predicted octanol–water partition coefficient (Wildman–Crippen LogP) is 3.06. The number of fused-ring (bicyclic) bond motifs is 1. The van der Waals surface area contributed by atoms with Crippen molar-refractivity contribution in [2.24, 2.45) is 23.2 Å². The van der Waals surface area contributed by atoms with E-state index in [0.717, 1.165) is 19.3 Å². The van der Waals surface area contributed by atoms with Crippen molar-refractivity contribution in [2.45, 2.75) is 46.5 Å². The summed E-state index contributed by atoms with van der Waals surface area (Å²) in [6, 6.07) is 0. The lowest BCUT2D eigenvalue weighted by atomic mass is 9.51. The number of ether oxygens (including phenoxy) is 1. The van der Waals surface area contributed by atoms with Crippen LogP contribution in [0.3, 0.4) is 0 Å². The first-order chi connectivity index (χ1) is 10.8. The summed E-state index contributed by atoms with van der Waals surface area (Å²) in [5, 5.41) is 9.67. The molecule has 0 aromatic heterocycles. The molecule has 1 saturated carbocycles. The SMILES string of the molecule is C=C1CC/C=C(/COC(=O)C(C)C)C(=O)C[C@@H]2[C@@H]1C[C@@]2(C)CO. The van der Waals surface area contributed by atoms with Crippen LogP contribution in [0.5, 0.6) is 0 Å². The Morgan fingerprint density at radius 1 is 1.52 bits per heavy atom. The van der Waals surface area contributed by atoms with Crippen LogP contribution in [0.25, 0.3) is 0 Å². The number of esters is 1. The Hall–Kier alpha value is -1.42. The molecule has 0 aromatic rings. The fourth-order valence-electron chi connectivity index (χ4n) is 3.64. The molecule has 0 heterocycles. The summed E-state index contributed by atoms with van der Waals surface area (Å²) in [5.74, 6) is 0.00250. The molecule has 3 atom stereocenters. The number of aliphatic hydroxyl groups excluding tert-OH is 1. The Bertz CT molecular complexity index is 531. The van der Waals surface area contributed by atoms with Crippen LogP contribution in [0.15, 0.2) is 23.8 Å². The number of allylic oxidation sites excluding steroid dienone is 2. The smallest absolute Gasteiger partial charge is 0.308 e. The topological polar surface area (TPSA) is 63.6 Å². The van der Waals surface area contributed by atoms with E-state index >= 15 is 0 Å². The van der Waals surface area contributed by atoms with Gasteiger partial charge in [-0.25, -0.2) is 0 Å². The van der Waals surface area contributed by atoms with Crippen molar-refractivity contribution in [3.63, 3.8) is 0 Å². The first-order valence-electron chi connectivity index (χ1n) is 8.46. The third-order valence-electron chi connectivity index (χ3n) is 5.41. The fourth-order valence-corrected chi connectivity index (χ4v) is 3.64. The first-order valence-corrected chi connectivity index (χ1v) is 8.46. The van der Waals surface area contributed by atoms with Crippen molar-refractivity contribution in [1.29, 1.82) is 0 Å². The maximum Gasteiger partial charge on any atom is 0.308 e. The second kappa shape index (κ2) is 7.00. The van der Waals surface area contributed by atoms with Crippen molar-refractivity contribution >= 4 is 11.8 Å². The van der Waals surface area contributed by atoms with Gasteiger partial charge in [0.2, 0.25) is 0 Å². The van der Waals surface area contributed by atoms with Gasteiger partial charge >= 0.3 is 5.97 Å². The highest BCUT2D eigenvalue weighted by Crippen LogP contribution is 2.56. The van der Waals surface area contributed by atoms with Gasteiger partial charge in [0.25, 0.3) is 0 Å². The van der Waals surface area contributed by atoms with Crippen molar-refractivity contribution in [2.75, 3.05) is 13.2 Å². The molecule has 0 aliphatic heterocycles. The fraction of sp³-hybridized carbons (Fsp3) is 0.684. The van der Waals surface area contributed by atoms with Gasteiger partial charge in [-0.3, -0.25) is 9.59 Å². The number of hydrogen-bond acceptors (Lipinski definition) is 4. The van der Waals surface area contributed by atoms with Crippen molar-refractivity contribution in [1.82, 2.24) is 0 Å². The molecule has 1 N–H and O–H groups in total. The second-order valence-corrected chi connectivity index (χ2v) is 7.55. The van der Waals surface area contributed by atoms with Gasteiger partial charge in [0.1, 0.15) is 6.61 Å². The number of Topliss-reactive ketones (excluding diaryl/α,β-unsaturated/α-hetero) is 1. The van der Waals surface area contributed by atoms with Gasteiger partial charge in [-0.15, -0.1) is 0 Å². The molecule has 0 spiro atoms. The number of carbonyl (C=O) groups is 2. The maximum absolute atomic E-state index is 12.6. The average Bonchev–Trinajstić information content (AvgIpc) is 2.55. The molecular formula is C19H28O4. The van der Waals surface area contributed by atoms with Gasteiger partial charge in [-0.05, 0) is 36.5 Å². The second-order valence-electron chi connectivity index (χ2n) is 7.55. The van der Waals surface area contributed by atoms with Crippen LogP contribution in [0.2, 0.25) is 0 Å². The average molecular weight is 320 g/mol. The zero-order valence-electron chi connectivity index (χ0n) is 14.4. The van der Waals surface area contributed by atoms with E-state index in [1.54, 1.807) is 13.8 Å². The summed E-state index contributed by atoms with van der Waals surface area (Å²) in [5.41, 5.74) is 1.55. The minimum atomic E-state index is -0.287. The van der Waals surface area contributed by atoms with Crippen molar-refractivity contribution in [3.05, 3.63) is 23.8 Å². The molecule has 0 unspecified atom stereocenters. The summed E-state index contributed by atoms with van der Waals surface area (Å²) < 4.78 is 5.24. The number of ketones is 1. The molecule has 0 amide bonds. The molecule has 0 radical (unpaired) electrons. The van der Waals surface area contributed by atoms with Crippen LogP contribution in [0.4, 0.5) is 0 Å². The zero-order valence-corrected chi connectivity index (χ0v) is 14.4. The van der Waals surface area contributed by atoms with Crippen LogP contribution in [0, 0.1) is 23.2 Å². The van der Waals surface area contributed by atoms with Gasteiger partial charge < -0.3 is 9.84 Å². The maximum atomic E-state index is 12.6. The van der Waals surface area contributed by atoms with E-state index in [1.807, 2.05) is 13.0 Å². The highest BCUT2D eigenvalue weighted by atomic mass is 16.5. The lowest BCUT2D eigenvalue weighted by molar-refractivity contribution is -0.146. The molecule has 0 aromatic carbocycles.